The second kappa shape index (κ2) is 6.94. The lowest BCUT2D eigenvalue weighted by molar-refractivity contribution is 0.298. The summed E-state index contributed by atoms with van der Waals surface area (Å²) in [5.74, 6) is 1.63. The quantitative estimate of drug-likeness (QED) is 0.910. The molecule has 0 bridgehead atoms. The molecule has 1 heterocycles. The second-order valence-corrected chi connectivity index (χ2v) is 3.96. The molecule has 0 aromatic carbocycles. The van der Waals surface area contributed by atoms with Crippen molar-refractivity contribution >= 4 is 24.8 Å². The van der Waals surface area contributed by atoms with E-state index in [-0.39, 0.29) is 30.9 Å². The lowest BCUT2D eigenvalue weighted by Gasteiger charge is -2.07. The van der Waals surface area contributed by atoms with E-state index >= 15 is 0 Å². The normalized spacial score (nSPS) is 15.6. The first kappa shape index (κ1) is 15.5. The smallest absolute Gasteiger partial charge is 0.137 e. The molecule has 0 saturated heterocycles. The van der Waals surface area contributed by atoms with Gasteiger partial charge in [-0.1, -0.05) is 0 Å². The minimum absolute atomic E-state index is 0. The largest absolute Gasteiger partial charge is 0.492 e. The Kier molecular flexibility index (Phi) is 6.72. The third-order valence-electron chi connectivity index (χ3n) is 2.41. The fourth-order valence-electron chi connectivity index (χ4n) is 1.25. The number of rotatable bonds is 4. The number of nitrogens with zero attached hydrogens (tertiary/aromatic N) is 1. The van der Waals surface area contributed by atoms with Gasteiger partial charge >= 0.3 is 0 Å². The van der Waals surface area contributed by atoms with Crippen LogP contribution in [0.1, 0.15) is 31.5 Å². The Morgan fingerprint density at radius 1 is 1.44 bits per heavy atom. The molecule has 1 aromatic heterocycles. The number of nitrogens with two attached hydrogens (primary N) is 1. The summed E-state index contributed by atoms with van der Waals surface area (Å²) in [4.78, 5) is 4.23. The van der Waals surface area contributed by atoms with Crippen molar-refractivity contribution in [1.82, 2.24) is 4.98 Å². The van der Waals surface area contributed by atoms with Gasteiger partial charge in [0.1, 0.15) is 5.75 Å². The molecule has 2 N–H and O–H groups in total. The van der Waals surface area contributed by atoms with Gasteiger partial charge in [-0.05, 0) is 37.8 Å². The topological polar surface area (TPSA) is 48.1 Å². The van der Waals surface area contributed by atoms with E-state index in [0.29, 0.717) is 0 Å². The van der Waals surface area contributed by atoms with Crippen LogP contribution in [0.25, 0.3) is 0 Å². The molecular weight excluding hydrogens is 247 g/mol. The predicted octanol–water partition coefficient (Wildman–Crippen LogP) is 2.73. The van der Waals surface area contributed by atoms with E-state index in [2.05, 4.69) is 4.98 Å². The first-order chi connectivity index (χ1) is 6.75. The van der Waals surface area contributed by atoms with E-state index in [1.54, 1.807) is 6.20 Å². The van der Waals surface area contributed by atoms with E-state index in [4.69, 9.17) is 10.5 Å². The number of hydrogen-bond acceptors (Lipinski definition) is 3. The Labute approximate surface area is 109 Å². The van der Waals surface area contributed by atoms with Gasteiger partial charge in [-0.3, -0.25) is 4.98 Å². The maximum absolute atomic E-state index is 5.69. The third kappa shape index (κ3) is 4.56. The summed E-state index contributed by atoms with van der Waals surface area (Å²) < 4.78 is 5.56. The van der Waals surface area contributed by atoms with Crippen molar-refractivity contribution in [3.05, 3.63) is 24.0 Å². The zero-order valence-electron chi connectivity index (χ0n) is 9.26. The van der Waals surface area contributed by atoms with Crippen LogP contribution in [-0.2, 0) is 0 Å². The van der Waals surface area contributed by atoms with Gasteiger partial charge in [-0.25, -0.2) is 0 Å². The highest BCUT2D eigenvalue weighted by atomic mass is 35.5. The molecule has 0 unspecified atom stereocenters. The number of halogens is 2. The lowest BCUT2D eigenvalue weighted by Crippen LogP contribution is -2.07. The Bertz CT molecular complexity index is 299. The maximum atomic E-state index is 5.69. The molecule has 1 aliphatic rings. The third-order valence-corrected chi connectivity index (χ3v) is 2.41. The number of aromatic nitrogens is 1. The molecule has 0 radical (unpaired) electrons. The predicted molar refractivity (Wildman–Crippen MR) is 69.6 cm³/mol. The van der Waals surface area contributed by atoms with Crippen molar-refractivity contribution in [3.63, 3.8) is 0 Å². The van der Waals surface area contributed by atoms with Crippen molar-refractivity contribution in [2.45, 2.75) is 25.8 Å². The Morgan fingerprint density at radius 2 is 2.12 bits per heavy atom. The fraction of sp³-hybridized carbons (Fsp3) is 0.545. The van der Waals surface area contributed by atoms with Gasteiger partial charge in [0.15, 0.2) is 0 Å². The number of pyridine rings is 1. The molecule has 5 heteroatoms. The molecule has 1 aliphatic carbocycles. The van der Waals surface area contributed by atoms with Gasteiger partial charge in [0.05, 0.1) is 18.5 Å². The van der Waals surface area contributed by atoms with Crippen LogP contribution in [0.2, 0.25) is 0 Å². The highest BCUT2D eigenvalue weighted by molar-refractivity contribution is 5.85. The molecule has 1 saturated carbocycles. The summed E-state index contributed by atoms with van der Waals surface area (Å²) in [7, 11) is 0. The first-order valence-corrected chi connectivity index (χ1v) is 5.10. The molecule has 1 aromatic rings. The molecule has 0 spiro atoms. The molecule has 2 rings (SSSR count). The number of ether oxygens (including phenoxy) is 1. The van der Waals surface area contributed by atoms with Crippen LogP contribution in [0.15, 0.2) is 18.3 Å². The molecule has 3 nitrogen and oxygen atoms in total. The van der Waals surface area contributed by atoms with E-state index in [1.165, 1.54) is 12.8 Å². The Balaban J connectivity index is 0.00000112. The van der Waals surface area contributed by atoms with Crippen molar-refractivity contribution in [2.24, 2.45) is 11.7 Å². The summed E-state index contributed by atoms with van der Waals surface area (Å²) in [6.07, 6.45) is 4.37. The molecule has 92 valence electrons. The monoisotopic (exact) mass is 264 g/mol. The van der Waals surface area contributed by atoms with Gasteiger partial charge in [-0.15, -0.1) is 24.8 Å². The van der Waals surface area contributed by atoms with Crippen LogP contribution in [-0.4, -0.2) is 11.6 Å². The van der Waals surface area contributed by atoms with Crippen molar-refractivity contribution in [2.75, 3.05) is 6.61 Å². The van der Waals surface area contributed by atoms with Gasteiger partial charge in [-0.2, -0.15) is 0 Å². The van der Waals surface area contributed by atoms with E-state index in [1.807, 2.05) is 19.1 Å². The van der Waals surface area contributed by atoms with Gasteiger partial charge < -0.3 is 10.5 Å². The fourth-order valence-corrected chi connectivity index (χ4v) is 1.25. The summed E-state index contributed by atoms with van der Waals surface area (Å²) >= 11 is 0. The van der Waals surface area contributed by atoms with Gasteiger partial charge in [0.2, 0.25) is 0 Å². The van der Waals surface area contributed by atoms with Crippen molar-refractivity contribution in [3.8, 4) is 5.75 Å². The summed E-state index contributed by atoms with van der Waals surface area (Å²) in [5.41, 5.74) is 6.60. The minimum Gasteiger partial charge on any atom is -0.492 e. The summed E-state index contributed by atoms with van der Waals surface area (Å²) in [6.45, 7) is 2.76. The minimum atomic E-state index is -0.00696. The second-order valence-electron chi connectivity index (χ2n) is 3.96. The molecule has 0 amide bonds. The first-order valence-electron chi connectivity index (χ1n) is 5.10. The van der Waals surface area contributed by atoms with Gasteiger partial charge in [0.25, 0.3) is 0 Å². The molecular formula is C11H18Cl2N2O. The standard InChI is InChI=1S/C11H16N2O.2ClH/c1-8(12)11-5-4-10(6-13-11)14-7-9-2-3-9;;/h4-6,8-9H,2-3,7,12H2,1H3;2*1H/t8-;;/m1../s1. The SMILES string of the molecule is C[C@@H](N)c1ccc(OCC2CC2)cn1.Cl.Cl. The Hall–Kier alpha value is -0.510. The van der Waals surface area contributed by atoms with Crippen LogP contribution < -0.4 is 10.5 Å². The van der Waals surface area contributed by atoms with Crippen LogP contribution >= 0.6 is 24.8 Å². The van der Waals surface area contributed by atoms with E-state index in [9.17, 15) is 0 Å². The molecule has 16 heavy (non-hydrogen) atoms. The van der Waals surface area contributed by atoms with Crippen molar-refractivity contribution in [1.29, 1.82) is 0 Å². The highest BCUT2D eigenvalue weighted by Gasteiger charge is 2.21. The van der Waals surface area contributed by atoms with Crippen LogP contribution in [0, 0.1) is 5.92 Å². The zero-order valence-corrected chi connectivity index (χ0v) is 10.9. The Morgan fingerprint density at radius 3 is 2.56 bits per heavy atom. The van der Waals surface area contributed by atoms with Crippen LogP contribution in [0.3, 0.4) is 0 Å². The summed E-state index contributed by atoms with van der Waals surface area (Å²) in [5, 5.41) is 0. The lowest BCUT2D eigenvalue weighted by atomic mass is 10.2. The highest BCUT2D eigenvalue weighted by Crippen LogP contribution is 2.29. The van der Waals surface area contributed by atoms with E-state index < -0.39 is 0 Å². The summed E-state index contributed by atoms with van der Waals surface area (Å²) in [6, 6.07) is 3.86. The van der Waals surface area contributed by atoms with Crippen molar-refractivity contribution < 1.29 is 4.74 Å². The average molecular weight is 265 g/mol. The molecule has 1 fully saturated rings. The molecule has 0 aliphatic heterocycles. The maximum Gasteiger partial charge on any atom is 0.137 e. The van der Waals surface area contributed by atoms with E-state index in [0.717, 1.165) is 24.0 Å². The zero-order chi connectivity index (χ0) is 9.97. The number of hydrogen-bond donors (Lipinski definition) is 1. The average Bonchev–Trinajstić information content (AvgIpc) is 2.99. The van der Waals surface area contributed by atoms with Gasteiger partial charge in [0, 0.05) is 6.04 Å². The van der Waals surface area contributed by atoms with Crippen LogP contribution in [0.4, 0.5) is 0 Å². The van der Waals surface area contributed by atoms with Crippen LogP contribution in [0.5, 0.6) is 5.75 Å². The molecule has 1 atom stereocenters.